The number of hydrogen-bond acceptors (Lipinski definition) is 2. The van der Waals surface area contributed by atoms with E-state index in [9.17, 15) is 0 Å². The van der Waals surface area contributed by atoms with Gasteiger partial charge in [0.25, 0.3) is 0 Å². The summed E-state index contributed by atoms with van der Waals surface area (Å²) in [6.07, 6.45) is 0. The molecular formula is C14H21NS. The largest absolute Gasteiger partial charge is 0.370 e. The number of thioether (sulfide) groups is 1. The third-order valence-corrected chi connectivity index (χ3v) is 4.05. The van der Waals surface area contributed by atoms with Crippen molar-refractivity contribution in [1.29, 1.82) is 0 Å². The van der Waals surface area contributed by atoms with Gasteiger partial charge in [-0.1, -0.05) is 32.9 Å². The zero-order valence-corrected chi connectivity index (χ0v) is 11.3. The van der Waals surface area contributed by atoms with Gasteiger partial charge in [0.2, 0.25) is 0 Å². The van der Waals surface area contributed by atoms with Crippen molar-refractivity contribution in [1.82, 2.24) is 0 Å². The summed E-state index contributed by atoms with van der Waals surface area (Å²) in [5.41, 5.74) is 3.06. The minimum Gasteiger partial charge on any atom is -0.370 e. The second-order valence-corrected chi connectivity index (χ2v) is 6.62. The molecule has 0 bridgehead atoms. The van der Waals surface area contributed by atoms with Crippen LogP contribution < -0.4 is 4.90 Å². The van der Waals surface area contributed by atoms with Gasteiger partial charge >= 0.3 is 0 Å². The minimum atomic E-state index is 0.260. The summed E-state index contributed by atoms with van der Waals surface area (Å²) >= 11 is 2.06. The van der Waals surface area contributed by atoms with E-state index in [1.165, 1.54) is 35.8 Å². The van der Waals surface area contributed by atoms with Crippen molar-refractivity contribution in [3.63, 3.8) is 0 Å². The molecule has 2 rings (SSSR count). The van der Waals surface area contributed by atoms with Crippen LogP contribution in [0.2, 0.25) is 0 Å². The molecule has 16 heavy (non-hydrogen) atoms. The zero-order valence-electron chi connectivity index (χ0n) is 10.5. The van der Waals surface area contributed by atoms with E-state index in [0.717, 1.165) is 0 Å². The van der Waals surface area contributed by atoms with Crippen LogP contribution >= 0.6 is 11.8 Å². The van der Waals surface area contributed by atoms with E-state index < -0.39 is 0 Å². The van der Waals surface area contributed by atoms with Crippen LogP contribution in [0.3, 0.4) is 0 Å². The fourth-order valence-corrected chi connectivity index (χ4v) is 2.90. The zero-order chi connectivity index (χ0) is 11.6. The molecule has 0 spiro atoms. The number of anilines is 1. The Labute approximate surface area is 103 Å². The summed E-state index contributed by atoms with van der Waals surface area (Å²) in [6.45, 7) is 9.18. The standard InChI is InChI=1S/C14H21NS/c1-14(2,3)12-4-6-13(7-5-12)15-8-10-16-11-9-15/h4-7H,8-11H2,1-3H3. The fourth-order valence-electron chi connectivity index (χ4n) is 1.99. The maximum Gasteiger partial charge on any atom is 0.0366 e. The van der Waals surface area contributed by atoms with Crippen LogP contribution in [-0.4, -0.2) is 24.6 Å². The monoisotopic (exact) mass is 235 g/mol. The molecule has 0 aromatic heterocycles. The van der Waals surface area contributed by atoms with Gasteiger partial charge in [0.15, 0.2) is 0 Å². The molecule has 1 aliphatic heterocycles. The SMILES string of the molecule is CC(C)(C)c1ccc(N2CCSCC2)cc1. The highest BCUT2D eigenvalue weighted by molar-refractivity contribution is 7.99. The second kappa shape index (κ2) is 4.70. The highest BCUT2D eigenvalue weighted by Crippen LogP contribution is 2.26. The van der Waals surface area contributed by atoms with Gasteiger partial charge in [0.05, 0.1) is 0 Å². The van der Waals surface area contributed by atoms with E-state index in [2.05, 4.69) is 61.7 Å². The van der Waals surface area contributed by atoms with Crippen LogP contribution in [0.15, 0.2) is 24.3 Å². The molecule has 0 N–H and O–H groups in total. The van der Waals surface area contributed by atoms with Crippen LogP contribution in [0.25, 0.3) is 0 Å². The molecule has 1 saturated heterocycles. The van der Waals surface area contributed by atoms with Gasteiger partial charge in [-0.25, -0.2) is 0 Å². The maximum absolute atomic E-state index is 2.49. The van der Waals surface area contributed by atoms with Gasteiger partial charge in [-0.15, -0.1) is 0 Å². The Bertz CT molecular complexity index is 331. The molecule has 2 heteroatoms. The van der Waals surface area contributed by atoms with Crippen molar-refractivity contribution in [2.75, 3.05) is 29.5 Å². The molecule has 0 amide bonds. The third kappa shape index (κ3) is 2.73. The molecule has 0 atom stereocenters. The van der Waals surface area contributed by atoms with Gasteiger partial charge in [-0.3, -0.25) is 0 Å². The van der Waals surface area contributed by atoms with Crippen molar-refractivity contribution < 1.29 is 0 Å². The Balaban J connectivity index is 2.12. The van der Waals surface area contributed by atoms with E-state index in [4.69, 9.17) is 0 Å². The van der Waals surface area contributed by atoms with Crippen molar-refractivity contribution in [2.45, 2.75) is 26.2 Å². The van der Waals surface area contributed by atoms with Gasteiger partial charge < -0.3 is 4.90 Å². The first-order valence-electron chi connectivity index (χ1n) is 6.00. The Morgan fingerprint density at radius 3 is 2.06 bits per heavy atom. The van der Waals surface area contributed by atoms with Crippen LogP contribution in [0.5, 0.6) is 0 Å². The number of benzene rings is 1. The van der Waals surface area contributed by atoms with Crippen molar-refractivity contribution >= 4 is 17.4 Å². The molecule has 0 saturated carbocycles. The first kappa shape index (κ1) is 11.8. The minimum absolute atomic E-state index is 0.260. The first-order valence-corrected chi connectivity index (χ1v) is 7.16. The van der Waals surface area contributed by atoms with Crippen LogP contribution in [0, 0.1) is 0 Å². The van der Waals surface area contributed by atoms with Gasteiger partial charge in [0.1, 0.15) is 0 Å². The molecule has 0 unspecified atom stereocenters. The van der Waals surface area contributed by atoms with E-state index in [1.54, 1.807) is 0 Å². The number of hydrogen-bond donors (Lipinski definition) is 0. The maximum atomic E-state index is 2.49. The molecule has 0 aliphatic carbocycles. The molecular weight excluding hydrogens is 214 g/mol. The summed E-state index contributed by atoms with van der Waals surface area (Å²) < 4.78 is 0. The molecule has 88 valence electrons. The summed E-state index contributed by atoms with van der Waals surface area (Å²) in [5, 5.41) is 0. The van der Waals surface area contributed by atoms with E-state index in [0.29, 0.717) is 0 Å². The summed E-state index contributed by atoms with van der Waals surface area (Å²) in [6, 6.07) is 9.10. The van der Waals surface area contributed by atoms with Crippen LogP contribution in [-0.2, 0) is 5.41 Å². The summed E-state index contributed by atoms with van der Waals surface area (Å²) in [5.74, 6) is 2.53. The van der Waals surface area contributed by atoms with Crippen molar-refractivity contribution in [3.8, 4) is 0 Å². The van der Waals surface area contributed by atoms with Crippen molar-refractivity contribution in [3.05, 3.63) is 29.8 Å². The normalized spacial score (nSPS) is 17.6. The molecule has 1 aliphatic rings. The fraction of sp³-hybridized carbons (Fsp3) is 0.571. The molecule has 1 fully saturated rings. The Morgan fingerprint density at radius 1 is 1.00 bits per heavy atom. The second-order valence-electron chi connectivity index (χ2n) is 5.40. The van der Waals surface area contributed by atoms with E-state index in [1.807, 2.05) is 0 Å². The quantitative estimate of drug-likeness (QED) is 0.732. The Morgan fingerprint density at radius 2 is 1.56 bits per heavy atom. The van der Waals surface area contributed by atoms with Gasteiger partial charge in [-0.2, -0.15) is 11.8 Å². The van der Waals surface area contributed by atoms with E-state index >= 15 is 0 Å². The molecule has 1 aromatic rings. The van der Waals surface area contributed by atoms with E-state index in [-0.39, 0.29) is 5.41 Å². The average Bonchev–Trinajstić information content (AvgIpc) is 2.29. The summed E-state index contributed by atoms with van der Waals surface area (Å²) in [7, 11) is 0. The lowest BCUT2D eigenvalue weighted by atomic mass is 9.87. The lowest BCUT2D eigenvalue weighted by molar-refractivity contribution is 0.590. The predicted molar refractivity (Wildman–Crippen MR) is 74.7 cm³/mol. The molecule has 1 aromatic carbocycles. The highest BCUT2D eigenvalue weighted by atomic mass is 32.2. The van der Waals surface area contributed by atoms with Gasteiger partial charge in [0, 0.05) is 30.3 Å². The number of nitrogens with zero attached hydrogens (tertiary/aromatic N) is 1. The van der Waals surface area contributed by atoms with Gasteiger partial charge in [-0.05, 0) is 23.1 Å². The topological polar surface area (TPSA) is 3.24 Å². The van der Waals surface area contributed by atoms with Crippen LogP contribution in [0.4, 0.5) is 5.69 Å². The predicted octanol–water partition coefficient (Wildman–Crippen LogP) is 3.54. The lowest BCUT2D eigenvalue weighted by Gasteiger charge is -2.29. The first-order chi connectivity index (χ1) is 7.57. The van der Waals surface area contributed by atoms with Crippen LogP contribution in [0.1, 0.15) is 26.3 Å². The average molecular weight is 235 g/mol. The van der Waals surface area contributed by atoms with Crippen molar-refractivity contribution in [2.24, 2.45) is 0 Å². The molecule has 0 radical (unpaired) electrons. The number of rotatable bonds is 1. The lowest BCUT2D eigenvalue weighted by Crippen LogP contribution is -2.32. The Hall–Kier alpha value is -0.630. The smallest absolute Gasteiger partial charge is 0.0366 e. The molecule has 1 heterocycles. The summed E-state index contributed by atoms with van der Waals surface area (Å²) in [4.78, 5) is 2.49. The molecule has 1 nitrogen and oxygen atoms in total. The Kier molecular flexibility index (Phi) is 3.48. The highest BCUT2D eigenvalue weighted by Gasteiger charge is 2.15. The third-order valence-electron chi connectivity index (χ3n) is 3.11.